The molecule has 3 N–H and O–H groups in total. The third kappa shape index (κ3) is 5.17. The Bertz CT molecular complexity index is 268. The Kier molecular flexibility index (Phi) is 5.97. The molecule has 1 atom stereocenters. The maximum absolute atomic E-state index is 11.9. The average Bonchev–Trinajstić information content (AvgIpc) is 2.51. The van der Waals surface area contributed by atoms with Crippen molar-refractivity contribution in [3.8, 4) is 0 Å². The van der Waals surface area contributed by atoms with Gasteiger partial charge in [0.25, 0.3) is 0 Å². The zero-order chi connectivity index (χ0) is 12.7. The minimum Gasteiger partial charge on any atom is -0.354 e. The second-order valence-corrected chi connectivity index (χ2v) is 4.70. The van der Waals surface area contributed by atoms with E-state index in [1.165, 1.54) is 0 Å². The van der Waals surface area contributed by atoms with Crippen molar-refractivity contribution in [1.82, 2.24) is 10.2 Å². The topological polar surface area (TPSA) is 75.4 Å². The summed E-state index contributed by atoms with van der Waals surface area (Å²) in [6.07, 6.45) is 2.83. The summed E-state index contributed by atoms with van der Waals surface area (Å²) >= 11 is 0. The van der Waals surface area contributed by atoms with Gasteiger partial charge < -0.3 is 16.0 Å². The van der Waals surface area contributed by atoms with E-state index in [1.807, 2.05) is 0 Å². The van der Waals surface area contributed by atoms with E-state index in [-0.39, 0.29) is 11.8 Å². The van der Waals surface area contributed by atoms with Crippen LogP contribution in [0.5, 0.6) is 0 Å². The van der Waals surface area contributed by atoms with Crippen molar-refractivity contribution in [2.24, 2.45) is 11.7 Å². The van der Waals surface area contributed by atoms with Gasteiger partial charge in [0.15, 0.2) is 0 Å². The van der Waals surface area contributed by atoms with E-state index in [2.05, 4.69) is 12.2 Å². The van der Waals surface area contributed by atoms with Crippen LogP contribution in [0.1, 0.15) is 32.6 Å². The van der Waals surface area contributed by atoms with Crippen LogP contribution in [0.3, 0.4) is 0 Å². The minimum absolute atomic E-state index is 0.0387. The van der Waals surface area contributed by atoms with E-state index < -0.39 is 0 Å². The van der Waals surface area contributed by atoms with E-state index >= 15 is 0 Å². The van der Waals surface area contributed by atoms with Gasteiger partial charge in [-0.3, -0.25) is 9.59 Å². The number of hydrogen-bond donors (Lipinski definition) is 2. The second-order valence-electron chi connectivity index (χ2n) is 4.70. The number of nitrogens with one attached hydrogen (secondary N) is 1. The summed E-state index contributed by atoms with van der Waals surface area (Å²) in [5, 5.41) is 2.77. The molecule has 17 heavy (non-hydrogen) atoms. The molecule has 0 saturated carbocycles. The Morgan fingerprint density at radius 3 is 2.94 bits per heavy atom. The molecule has 0 radical (unpaired) electrons. The third-order valence-corrected chi connectivity index (χ3v) is 3.18. The van der Waals surface area contributed by atoms with Crippen LogP contribution in [0.2, 0.25) is 0 Å². The van der Waals surface area contributed by atoms with Crippen molar-refractivity contribution in [2.75, 3.05) is 26.2 Å². The molecular weight excluding hydrogens is 218 g/mol. The van der Waals surface area contributed by atoms with Crippen LogP contribution >= 0.6 is 0 Å². The first kappa shape index (κ1) is 14.0. The molecule has 0 aliphatic carbocycles. The van der Waals surface area contributed by atoms with Gasteiger partial charge in [0, 0.05) is 32.5 Å². The van der Waals surface area contributed by atoms with Crippen molar-refractivity contribution in [3.05, 3.63) is 0 Å². The van der Waals surface area contributed by atoms with Crippen LogP contribution in [0.4, 0.5) is 0 Å². The number of carbonyl (C=O) groups is 2. The monoisotopic (exact) mass is 241 g/mol. The zero-order valence-electron chi connectivity index (χ0n) is 10.6. The van der Waals surface area contributed by atoms with Crippen LogP contribution in [0.15, 0.2) is 0 Å². The van der Waals surface area contributed by atoms with Crippen molar-refractivity contribution >= 4 is 11.8 Å². The molecule has 1 aliphatic rings. The zero-order valence-corrected chi connectivity index (χ0v) is 10.6. The fraction of sp³-hybridized carbons (Fsp3) is 0.833. The number of nitrogens with two attached hydrogens (primary N) is 1. The summed E-state index contributed by atoms with van der Waals surface area (Å²) < 4.78 is 0. The minimum atomic E-state index is 0.0387. The Morgan fingerprint density at radius 2 is 2.24 bits per heavy atom. The standard InChI is InChI=1S/C12H23N3O2/c1-10(4-6-13)2-3-12(17)15-8-5-11(16)14-7-9-15/h10H,2-9,13H2,1H3,(H,14,16). The van der Waals surface area contributed by atoms with Crippen LogP contribution in [0.25, 0.3) is 0 Å². The number of amides is 2. The van der Waals surface area contributed by atoms with Crippen LogP contribution in [0, 0.1) is 5.92 Å². The molecule has 1 unspecified atom stereocenters. The molecule has 0 aromatic carbocycles. The lowest BCUT2D eigenvalue weighted by atomic mass is 10.0. The third-order valence-electron chi connectivity index (χ3n) is 3.18. The first-order valence-corrected chi connectivity index (χ1v) is 6.38. The highest BCUT2D eigenvalue weighted by molar-refractivity contribution is 5.80. The highest BCUT2D eigenvalue weighted by Crippen LogP contribution is 2.11. The van der Waals surface area contributed by atoms with Crippen molar-refractivity contribution in [2.45, 2.75) is 32.6 Å². The summed E-state index contributed by atoms with van der Waals surface area (Å²) in [5.41, 5.74) is 5.47. The van der Waals surface area contributed by atoms with E-state index in [0.29, 0.717) is 44.9 Å². The summed E-state index contributed by atoms with van der Waals surface area (Å²) in [6.45, 7) is 4.56. The van der Waals surface area contributed by atoms with Crippen molar-refractivity contribution in [1.29, 1.82) is 0 Å². The Balaban J connectivity index is 2.29. The second kappa shape index (κ2) is 7.27. The number of rotatable bonds is 5. The van der Waals surface area contributed by atoms with Crippen LogP contribution in [-0.4, -0.2) is 42.9 Å². The first-order chi connectivity index (χ1) is 8.13. The van der Waals surface area contributed by atoms with Gasteiger partial charge >= 0.3 is 0 Å². The first-order valence-electron chi connectivity index (χ1n) is 6.38. The molecule has 2 amide bonds. The number of nitrogens with zero attached hydrogens (tertiary/aromatic N) is 1. The average molecular weight is 241 g/mol. The fourth-order valence-electron chi connectivity index (χ4n) is 1.97. The van der Waals surface area contributed by atoms with Gasteiger partial charge in [-0.1, -0.05) is 6.92 Å². The number of hydrogen-bond acceptors (Lipinski definition) is 3. The molecule has 1 aliphatic heterocycles. The van der Waals surface area contributed by atoms with Crippen LogP contribution in [-0.2, 0) is 9.59 Å². The van der Waals surface area contributed by atoms with Crippen LogP contribution < -0.4 is 11.1 Å². The lowest BCUT2D eigenvalue weighted by Crippen LogP contribution is -2.34. The van der Waals surface area contributed by atoms with Crippen molar-refractivity contribution < 1.29 is 9.59 Å². The summed E-state index contributed by atoms with van der Waals surface area (Å²) in [7, 11) is 0. The molecular formula is C12H23N3O2. The van der Waals surface area contributed by atoms with Gasteiger partial charge in [-0.15, -0.1) is 0 Å². The maximum Gasteiger partial charge on any atom is 0.222 e. The smallest absolute Gasteiger partial charge is 0.222 e. The van der Waals surface area contributed by atoms with Gasteiger partial charge in [-0.25, -0.2) is 0 Å². The molecule has 0 aromatic heterocycles. The lowest BCUT2D eigenvalue weighted by molar-refractivity contribution is -0.131. The largest absolute Gasteiger partial charge is 0.354 e. The van der Waals surface area contributed by atoms with E-state index in [1.54, 1.807) is 4.90 Å². The van der Waals surface area contributed by atoms with E-state index in [4.69, 9.17) is 5.73 Å². The molecule has 0 spiro atoms. The molecule has 5 nitrogen and oxygen atoms in total. The molecule has 0 aromatic rings. The quantitative estimate of drug-likeness (QED) is 0.717. The van der Waals surface area contributed by atoms with Gasteiger partial charge in [0.05, 0.1) is 0 Å². The van der Waals surface area contributed by atoms with Gasteiger partial charge in [-0.05, 0) is 25.3 Å². The molecule has 1 fully saturated rings. The SMILES string of the molecule is CC(CCN)CCC(=O)N1CCNC(=O)CC1. The highest BCUT2D eigenvalue weighted by Gasteiger charge is 2.18. The Hall–Kier alpha value is -1.10. The predicted molar refractivity (Wildman–Crippen MR) is 66.3 cm³/mol. The van der Waals surface area contributed by atoms with Gasteiger partial charge in [0.2, 0.25) is 11.8 Å². The van der Waals surface area contributed by atoms with E-state index in [9.17, 15) is 9.59 Å². The predicted octanol–water partition coefficient (Wildman–Crippen LogP) is 0.100. The molecule has 1 saturated heterocycles. The molecule has 5 heteroatoms. The van der Waals surface area contributed by atoms with Gasteiger partial charge in [0.1, 0.15) is 0 Å². The normalized spacial score (nSPS) is 18.5. The summed E-state index contributed by atoms with van der Waals surface area (Å²) in [6, 6.07) is 0. The molecule has 0 bridgehead atoms. The number of carbonyl (C=O) groups excluding carboxylic acids is 2. The fourth-order valence-corrected chi connectivity index (χ4v) is 1.97. The molecule has 1 heterocycles. The summed E-state index contributed by atoms with van der Waals surface area (Å²) in [5.74, 6) is 0.692. The van der Waals surface area contributed by atoms with Crippen molar-refractivity contribution in [3.63, 3.8) is 0 Å². The lowest BCUT2D eigenvalue weighted by Gasteiger charge is -2.20. The highest BCUT2D eigenvalue weighted by atomic mass is 16.2. The Labute approximate surface area is 103 Å². The Morgan fingerprint density at radius 1 is 1.47 bits per heavy atom. The molecule has 98 valence electrons. The van der Waals surface area contributed by atoms with Gasteiger partial charge in [-0.2, -0.15) is 0 Å². The molecule has 1 rings (SSSR count). The maximum atomic E-state index is 11.9. The summed E-state index contributed by atoms with van der Waals surface area (Å²) in [4.78, 5) is 24.8. The van der Waals surface area contributed by atoms with E-state index in [0.717, 1.165) is 12.8 Å².